The fraction of sp³-hybridized carbons (Fsp3) is 0.636. The molecule has 1 rings (SSSR count). The zero-order valence-electron chi connectivity index (χ0n) is 20.6. The summed E-state index contributed by atoms with van der Waals surface area (Å²) in [4.78, 5) is 2.80. The smallest absolute Gasteiger partial charge is 0.305 e. The van der Waals surface area contributed by atoms with Crippen LogP contribution in [0.5, 0.6) is 0 Å². The molecular formula is C22H35N3O6P2. The first-order valence-electron chi connectivity index (χ1n) is 10.8. The van der Waals surface area contributed by atoms with Gasteiger partial charge in [-0.15, -0.1) is 6.42 Å². The molecule has 1 aromatic rings. The van der Waals surface area contributed by atoms with Crippen LogP contribution in [0.25, 0.3) is 10.4 Å². The lowest BCUT2D eigenvalue weighted by atomic mass is 10.1. The zero-order valence-corrected chi connectivity index (χ0v) is 22.4. The summed E-state index contributed by atoms with van der Waals surface area (Å²) in [7, 11) is -8.13. The molecule has 0 saturated carbocycles. The average molecular weight is 499 g/mol. The largest absolute Gasteiger partial charge is 0.346 e. The zero-order chi connectivity index (χ0) is 25.4. The maximum absolute atomic E-state index is 14.2. The van der Waals surface area contributed by atoms with Gasteiger partial charge in [-0.2, -0.15) is 0 Å². The van der Waals surface area contributed by atoms with Crippen LogP contribution in [-0.2, 0) is 33.6 Å². The summed E-state index contributed by atoms with van der Waals surface area (Å²) in [5.41, 5.74) is 10.1. The number of hydrogen-bond donors (Lipinski definition) is 0. The minimum absolute atomic E-state index is 0.0725. The van der Waals surface area contributed by atoms with Gasteiger partial charge in [-0.1, -0.05) is 11.0 Å². The standard InChI is InChI=1S/C22H35N3O6P2/c1-10-19-11-20(13-21(12-19)24-25-23)14-22(32(26,28-15(2)3)29-16(4)5)33(27,30-17(6)7)31-18(8)9/h1,11-13,15-18,22H,14H2,2-9H3. The third-order valence-corrected chi connectivity index (χ3v) is 10.3. The van der Waals surface area contributed by atoms with Crippen molar-refractivity contribution in [1.29, 1.82) is 0 Å². The van der Waals surface area contributed by atoms with Gasteiger partial charge >= 0.3 is 15.2 Å². The SMILES string of the molecule is C#Cc1cc(CC(P(=O)(OC(C)C)OC(C)C)P(=O)(OC(C)C)OC(C)C)cc(N=[N+]=[N-])c1. The molecule has 0 aliphatic rings. The monoisotopic (exact) mass is 499 g/mol. The molecule has 0 bridgehead atoms. The Morgan fingerprint density at radius 2 is 1.30 bits per heavy atom. The summed E-state index contributed by atoms with van der Waals surface area (Å²) in [6, 6.07) is 4.78. The fourth-order valence-electron chi connectivity index (χ4n) is 3.10. The van der Waals surface area contributed by atoms with E-state index < -0.39 is 45.0 Å². The first kappa shape index (κ1) is 29.4. The van der Waals surface area contributed by atoms with E-state index in [4.69, 9.17) is 30.0 Å². The van der Waals surface area contributed by atoms with Gasteiger partial charge in [0.05, 0.1) is 24.4 Å². The first-order chi connectivity index (χ1) is 15.2. The van der Waals surface area contributed by atoms with E-state index in [1.165, 1.54) is 0 Å². The number of terminal acetylenes is 1. The van der Waals surface area contributed by atoms with Crippen molar-refractivity contribution in [2.45, 2.75) is 91.6 Å². The summed E-state index contributed by atoms with van der Waals surface area (Å²) in [6.07, 6.45) is 3.54. The number of nitrogens with zero attached hydrogens (tertiary/aromatic N) is 3. The third-order valence-electron chi connectivity index (χ3n) is 3.88. The van der Waals surface area contributed by atoms with E-state index in [-0.39, 0.29) is 12.1 Å². The van der Waals surface area contributed by atoms with Crippen molar-refractivity contribution in [3.05, 3.63) is 39.8 Å². The number of hydrogen-bond acceptors (Lipinski definition) is 7. The lowest BCUT2D eigenvalue weighted by Crippen LogP contribution is -2.25. The highest BCUT2D eigenvalue weighted by Crippen LogP contribution is 2.72. The molecule has 33 heavy (non-hydrogen) atoms. The van der Waals surface area contributed by atoms with Gasteiger partial charge in [0.2, 0.25) is 0 Å². The third kappa shape index (κ3) is 9.27. The van der Waals surface area contributed by atoms with E-state index in [1.807, 2.05) is 0 Å². The van der Waals surface area contributed by atoms with Crippen molar-refractivity contribution < 1.29 is 27.2 Å². The summed E-state index contributed by atoms with van der Waals surface area (Å²) >= 11 is 0. The van der Waals surface area contributed by atoms with E-state index in [1.54, 1.807) is 73.6 Å². The summed E-state index contributed by atoms with van der Waals surface area (Å²) in [5.74, 6) is 2.50. The van der Waals surface area contributed by atoms with Gasteiger partial charge in [-0.05, 0) is 91.1 Å². The highest BCUT2D eigenvalue weighted by atomic mass is 31.2. The van der Waals surface area contributed by atoms with E-state index >= 15 is 0 Å². The Kier molecular flexibility index (Phi) is 11.4. The lowest BCUT2D eigenvalue weighted by Gasteiger charge is -2.35. The van der Waals surface area contributed by atoms with Crippen LogP contribution in [0, 0.1) is 12.3 Å². The maximum atomic E-state index is 14.2. The van der Waals surface area contributed by atoms with Crippen LogP contribution < -0.4 is 0 Å². The molecule has 0 unspecified atom stereocenters. The van der Waals surface area contributed by atoms with E-state index in [2.05, 4.69) is 15.9 Å². The Hall–Kier alpha value is -1.61. The van der Waals surface area contributed by atoms with Gasteiger partial charge in [0.1, 0.15) is 0 Å². The molecule has 0 aromatic heterocycles. The van der Waals surface area contributed by atoms with Gasteiger partial charge in [-0.25, -0.2) is 0 Å². The first-order valence-corrected chi connectivity index (χ1v) is 14.1. The van der Waals surface area contributed by atoms with Crippen LogP contribution in [0.2, 0.25) is 0 Å². The highest BCUT2D eigenvalue weighted by Gasteiger charge is 2.52. The van der Waals surface area contributed by atoms with Crippen molar-refractivity contribution in [2.75, 3.05) is 0 Å². The van der Waals surface area contributed by atoms with Crippen molar-refractivity contribution >= 4 is 20.9 Å². The second kappa shape index (κ2) is 12.7. The molecule has 0 amide bonds. The van der Waals surface area contributed by atoms with Gasteiger partial charge < -0.3 is 18.1 Å². The Balaban J connectivity index is 3.79. The number of rotatable bonds is 13. The van der Waals surface area contributed by atoms with Gasteiger partial charge in [-0.3, -0.25) is 9.13 Å². The summed E-state index contributed by atoms with van der Waals surface area (Å²) < 4.78 is 51.7. The van der Waals surface area contributed by atoms with Gasteiger partial charge in [0.15, 0.2) is 5.40 Å². The topological polar surface area (TPSA) is 120 Å². The molecule has 1 aromatic carbocycles. The van der Waals surface area contributed by atoms with Crippen LogP contribution in [0.1, 0.15) is 66.5 Å². The molecule has 0 N–H and O–H groups in total. The van der Waals surface area contributed by atoms with Crippen LogP contribution in [0.3, 0.4) is 0 Å². The van der Waals surface area contributed by atoms with Gasteiger partial charge in [0.25, 0.3) is 0 Å². The second-order valence-corrected chi connectivity index (χ2v) is 13.3. The van der Waals surface area contributed by atoms with Crippen LogP contribution >= 0.6 is 15.2 Å². The maximum Gasteiger partial charge on any atom is 0.346 e. The van der Waals surface area contributed by atoms with Crippen molar-refractivity contribution in [3.8, 4) is 12.3 Å². The van der Waals surface area contributed by atoms with Crippen LogP contribution in [0.4, 0.5) is 5.69 Å². The molecule has 0 saturated heterocycles. The minimum atomic E-state index is -4.06. The van der Waals surface area contributed by atoms with E-state index in [0.29, 0.717) is 11.1 Å². The van der Waals surface area contributed by atoms with Crippen molar-refractivity contribution in [1.82, 2.24) is 0 Å². The Morgan fingerprint density at radius 3 is 1.64 bits per heavy atom. The van der Waals surface area contributed by atoms with Crippen molar-refractivity contribution in [2.24, 2.45) is 5.11 Å². The molecule has 0 aliphatic heterocycles. The lowest BCUT2D eigenvalue weighted by molar-refractivity contribution is 0.122. The number of azide groups is 1. The fourth-order valence-corrected chi connectivity index (χ4v) is 9.02. The number of benzene rings is 1. The minimum Gasteiger partial charge on any atom is -0.305 e. The Morgan fingerprint density at radius 1 is 0.879 bits per heavy atom. The Bertz CT molecular complexity index is 915. The Labute approximate surface area is 197 Å². The molecule has 0 radical (unpaired) electrons. The summed E-state index contributed by atoms with van der Waals surface area (Å²) in [6.45, 7) is 13.7. The summed E-state index contributed by atoms with van der Waals surface area (Å²) in [5, 5.41) is 2.34. The molecule has 184 valence electrons. The van der Waals surface area contributed by atoms with E-state index in [0.717, 1.165) is 0 Å². The molecule has 9 nitrogen and oxygen atoms in total. The van der Waals surface area contributed by atoms with Crippen molar-refractivity contribution in [3.63, 3.8) is 0 Å². The van der Waals surface area contributed by atoms with Crippen LogP contribution in [0.15, 0.2) is 23.3 Å². The average Bonchev–Trinajstić information content (AvgIpc) is 2.63. The molecule has 0 spiro atoms. The molecule has 0 aliphatic carbocycles. The normalized spacial score (nSPS) is 12.6. The van der Waals surface area contributed by atoms with Gasteiger partial charge in [0, 0.05) is 16.2 Å². The molecule has 0 heterocycles. The predicted octanol–water partition coefficient (Wildman–Crippen LogP) is 7.56. The quantitative estimate of drug-likeness (QED) is 0.0908. The predicted molar refractivity (Wildman–Crippen MR) is 131 cm³/mol. The van der Waals surface area contributed by atoms with E-state index in [9.17, 15) is 9.13 Å². The molecule has 0 fully saturated rings. The second-order valence-electron chi connectivity index (χ2n) is 8.60. The molecular weight excluding hydrogens is 464 g/mol. The highest BCUT2D eigenvalue weighted by molar-refractivity contribution is 7.72. The molecule has 0 atom stereocenters. The van der Waals surface area contributed by atoms with Crippen LogP contribution in [-0.4, -0.2) is 29.8 Å². The molecule has 11 heteroatoms.